The Morgan fingerprint density at radius 1 is 1.27 bits per heavy atom. The van der Waals surface area contributed by atoms with Crippen molar-refractivity contribution in [3.8, 4) is 5.75 Å². The molecule has 2 N–H and O–H groups in total. The second kappa shape index (κ2) is 5.47. The van der Waals surface area contributed by atoms with E-state index in [9.17, 15) is 15.0 Å². The molecule has 1 aromatic rings. The van der Waals surface area contributed by atoms with Crippen LogP contribution in [0.1, 0.15) is 12.0 Å². The topological polar surface area (TPSA) is 73.1 Å². The molecule has 22 heavy (non-hydrogen) atoms. The van der Waals surface area contributed by atoms with E-state index in [2.05, 4.69) is 0 Å². The van der Waals surface area contributed by atoms with Crippen LogP contribution in [-0.4, -0.2) is 61.1 Å². The van der Waals surface area contributed by atoms with Gasteiger partial charge in [0.2, 0.25) is 5.91 Å². The Labute approximate surface area is 136 Å². The summed E-state index contributed by atoms with van der Waals surface area (Å²) < 4.78 is 0. The van der Waals surface area contributed by atoms with Crippen LogP contribution in [0, 0.1) is 0 Å². The number of amides is 1. The third kappa shape index (κ3) is 2.23. The molecule has 1 aromatic carbocycles. The first kappa shape index (κ1) is 14.4. The van der Waals surface area contributed by atoms with Crippen LogP contribution in [0.25, 0.3) is 0 Å². The predicted octanol–water partition coefficient (Wildman–Crippen LogP) is 1.29. The van der Waals surface area contributed by atoms with E-state index in [-0.39, 0.29) is 35.5 Å². The lowest BCUT2D eigenvalue weighted by atomic mass is 10.2. The SMILES string of the molecule is O=C1C[C@@H](O)[C@H]2CS[C@H]([C@@H]3CSC(c4ccccc4O)=N3)N12. The van der Waals surface area contributed by atoms with Gasteiger partial charge in [0, 0.05) is 17.1 Å². The first-order valence-corrected chi connectivity index (χ1v) is 9.28. The van der Waals surface area contributed by atoms with E-state index in [1.165, 1.54) is 0 Å². The molecule has 4 atom stereocenters. The lowest BCUT2D eigenvalue weighted by molar-refractivity contribution is -0.129. The zero-order chi connectivity index (χ0) is 15.3. The fourth-order valence-corrected chi connectivity index (χ4v) is 6.06. The lowest BCUT2D eigenvalue weighted by Crippen LogP contribution is -2.42. The number of hydrogen-bond acceptors (Lipinski definition) is 6. The van der Waals surface area contributed by atoms with Crippen molar-refractivity contribution in [1.29, 1.82) is 0 Å². The van der Waals surface area contributed by atoms with Crippen molar-refractivity contribution in [1.82, 2.24) is 4.90 Å². The summed E-state index contributed by atoms with van der Waals surface area (Å²) in [7, 11) is 0. The molecular weight excluding hydrogens is 320 g/mol. The fourth-order valence-electron chi connectivity index (χ4n) is 3.22. The third-order valence-corrected chi connectivity index (χ3v) is 6.85. The van der Waals surface area contributed by atoms with Crippen molar-refractivity contribution in [3.05, 3.63) is 29.8 Å². The zero-order valence-electron chi connectivity index (χ0n) is 11.8. The number of aliphatic hydroxyl groups is 1. The van der Waals surface area contributed by atoms with E-state index >= 15 is 0 Å². The fraction of sp³-hybridized carbons (Fsp3) is 0.467. The molecule has 7 heteroatoms. The third-order valence-electron chi connectivity index (χ3n) is 4.32. The van der Waals surface area contributed by atoms with Crippen molar-refractivity contribution in [3.63, 3.8) is 0 Å². The van der Waals surface area contributed by atoms with Crippen LogP contribution < -0.4 is 0 Å². The van der Waals surface area contributed by atoms with Crippen LogP contribution >= 0.6 is 23.5 Å². The number of hydrogen-bond donors (Lipinski definition) is 2. The van der Waals surface area contributed by atoms with Gasteiger partial charge in [0.1, 0.15) is 16.2 Å². The molecule has 3 aliphatic rings. The summed E-state index contributed by atoms with van der Waals surface area (Å²) in [6.07, 6.45) is -0.307. The molecule has 0 unspecified atom stereocenters. The Balaban J connectivity index is 1.58. The molecule has 0 aromatic heterocycles. The molecular formula is C15H16N2O3S2. The van der Waals surface area contributed by atoms with Gasteiger partial charge in [-0.3, -0.25) is 9.79 Å². The molecule has 0 saturated carbocycles. The van der Waals surface area contributed by atoms with E-state index in [1.807, 2.05) is 17.0 Å². The lowest BCUT2D eigenvalue weighted by Gasteiger charge is -2.26. The van der Waals surface area contributed by atoms with Crippen molar-refractivity contribution >= 4 is 34.5 Å². The summed E-state index contributed by atoms with van der Waals surface area (Å²) in [5.41, 5.74) is 0.752. The Morgan fingerprint density at radius 3 is 2.91 bits per heavy atom. The zero-order valence-corrected chi connectivity index (χ0v) is 13.4. The minimum absolute atomic E-state index is 0.00510. The van der Waals surface area contributed by atoms with Crippen LogP contribution in [0.15, 0.2) is 29.3 Å². The number of phenols is 1. The molecule has 2 fully saturated rings. The maximum atomic E-state index is 12.1. The molecule has 1 amide bonds. The summed E-state index contributed by atoms with van der Waals surface area (Å²) >= 11 is 3.32. The van der Waals surface area contributed by atoms with Gasteiger partial charge in [0.15, 0.2) is 0 Å². The van der Waals surface area contributed by atoms with Crippen molar-refractivity contribution < 1.29 is 15.0 Å². The van der Waals surface area contributed by atoms with Crippen LogP contribution in [-0.2, 0) is 4.79 Å². The number of aliphatic imine (C=N–C) groups is 1. The van der Waals surface area contributed by atoms with Gasteiger partial charge in [-0.05, 0) is 12.1 Å². The van der Waals surface area contributed by atoms with Gasteiger partial charge in [-0.1, -0.05) is 12.1 Å². The molecule has 3 aliphatic heterocycles. The van der Waals surface area contributed by atoms with Crippen LogP contribution in [0.5, 0.6) is 5.75 Å². The summed E-state index contributed by atoms with van der Waals surface area (Å²) in [4.78, 5) is 18.7. The number of carbonyl (C=O) groups excluding carboxylic acids is 1. The molecule has 0 aliphatic carbocycles. The first-order chi connectivity index (χ1) is 10.6. The van der Waals surface area contributed by atoms with Gasteiger partial charge in [-0.25, -0.2) is 0 Å². The van der Waals surface area contributed by atoms with Gasteiger partial charge < -0.3 is 15.1 Å². The molecule has 3 heterocycles. The Hall–Kier alpha value is -1.18. The number of thioether (sulfide) groups is 2. The predicted molar refractivity (Wildman–Crippen MR) is 88.4 cm³/mol. The van der Waals surface area contributed by atoms with E-state index in [1.54, 1.807) is 35.7 Å². The van der Waals surface area contributed by atoms with E-state index < -0.39 is 6.10 Å². The molecule has 5 nitrogen and oxygen atoms in total. The molecule has 0 radical (unpaired) electrons. The van der Waals surface area contributed by atoms with Crippen molar-refractivity contribution in [2.75, 3.05) is 11.5 Å². The smallest absolute Gasteiger partial charge is 0.226 e. The molecule has 0 spiro atoms. The average molecular weight is 336 g/mol. The summed E-state index contributed by atoms with van der Waals surface area (Å²) in [6.45, 7) is 0. The van der Waals surface area contributed by atoms with Crippen LogP contribution in [0.4, 0.5) is 0 Å². The highest BCUT2D eigenvalue weighted by atomic mass is 32.2. The normalized spacial score (nSPS) is 34.1. The van der Waals surface area contributed by atoms with E-state index in [0.717, 1.165) is 22.1 Å². The molecule has 0 bridgehead atoms. The first-order valence-electron chi connectivity index (χ1n) is 7.25. The van der Waals surface area contributed by atoms with Gasteiger partial charge >= 0.3 is 0 Å². The number of phenolic OH excluding ortho intramolecular Hbond substituents is 1. The molecule has 2 saturated heterocycles. The Morgan fingerprint density at radius 2 is 2.09 bits per heavy atom. The van der Waals surface area contributed by atoms with Crippen molar-refractivity contribution in [2.45, 2.75) is 30.0 Å². The van der Waals surface area contributed by atoms with Gasteiger partial charge in [-0.15, -0.1) is 23.5 Å². The monoisotopic (exact) mass is 336 g/mol. The quantitative estimate of drug-likeness (QED) is 0.851. The van der Waals surface area contributed by atoms with Gasteiger partial charge in [-0.2, -0.15) is 0 Å². The largest absolute Gasteiger partial charge is 0.507 e. The number of aromatic hydroxyl groups is 1. The Bertz CT molecular complexity index is 651. The number of benzene rings is 1. The van der Waals surface area contributed by atoms with Gasteiger partial charge in [0.25, 0.3) is 0 Å². The maximum Gasteiger partial charge on any atom is 0.226 e. The summed E-state index contributed by atoms with van der Waals surface area (Å²) in [5, 5.41) is 20.7. The maximum absolute atomic E-state index is 12.1. The minimum Gasteiger partial charge on any atom is -0.507 e. The number of para-hydroxylation sites is 1. The molecule has 4 rings (SSSR count). The number of carbonyl (C=O) groups is 1. The number of aliphatic hydroxyl groups excluding tert-OH is 1. The average Bonchev–Trinajstić information content (AvgIpc) is 3.18. The highest BCUT2D eigenvalue weighted by molar-refractivity contribution is 8.14. The number of rotatable bonds is 2. The second-order valence-electron chi connectivity index (χ2n) is 5.69. The standard InChI is InChI=1S/C15H16N2O3S2/c18-11-4-2-1-3-8(11)14-16-9(6-21-14)15-17-10(7-22-15)12(19)5-13(17)20/h1-4,9-10,12,15,18-19H,5-7H2/t9-,10+,12+,15+/m0/s1. The van der Waals surface area contributed by atoms with Crippen LogP contribution in [0.3, 0.4) is 0 Å². The Kier molecular flexibility index (Phi) is 3.58. The molecule has 116 valence electrons. The summed E-state index contributed by atoms with van der Waals surface area (Å²) in [6, 6.07) is 7.15. The van der Waals surface area contributed by atoms with Crippen molar-refractivity contribution in [2.24, 2.45) is 4.99 Å². The number of fused-ring (bicyclic) bond motifs is 1. The van der Waals surface area contributed by atoms with Crippen LogP contribution in [0.2, 0.25) is 0 Å². The number of nitrogens with zero attached hydrogens (tertiary/aromatic N) is 2. The highest BCUT2D eigenvalue weighted by Gasteiger charge is 2.50. The highest BCUT2D eigenvalue weighted by Crippen LogP contribution is 2.42. The van der Waals surface area contributed by atoms with E-state index in [4.69, 9.17) is 4.99 Å². The summed E-state index contributed by atoms with van der Waals surface area (Å²) in [5.74, 6) is 1.84. The van der Waals surface area contributed by atoms with E-state index in [0.29, 0.717) is 0 Å². The minimum atomic E-state index is -0.541. The second-order valence-corrected chi connectivity index (χ2v) is 7.85. The van der Waals surface area contributed by atoms with Gasteiger partial charge in [0.05, 0.1) is 24.6 Å².